The van der Waals surface area contributed by atoms with Crippen molar-refractivity contribution < 1.29 is 17.9 Å². The number of benzene rings is 1. The van der Waals surface area contributed by atoms with Crippen LogP contribution >= 0.6 is 0 Å². The summed E-state index contributed by atoms with van der Waals surface area (Å²) < 4.78 is 44.0. The predicted octanol–water partition coefficient (Wildman–Crippen LogP) is 4.59. The molecule has 0 fully saturated rings. The molecule has 1 heterocycles. The molecule has 0 atom stereocenters. The van der Waals surface area contributed by atoms with Crippen LogP contribution in [0.5, 0.6) is 5.88 Å². The zero-order valence-electron chi connectivity index (χ0n) is 12.9. The molecule has 0 radical (unpaired) electrons. The van der Waals surface area contributed by atoms with Crippen LogP contribution in [0.25, 0.3) is 0 Å². The first-order valence-corrected chi connectivity index (χ1v) is 7.37. The van der Waals surface area contributed by atoms with Crippen molar-refractivity contribution in [3.05, 3.63) is 41.6 Å². The number of hydrogen-bond acceptors (Lipinski definition) is 4. The largest absolute Gasteiger partial charge is 0.477 e. The minimum atomic E-state index is -4.55. The van der Waals surface area contributed by atoms with Gasteiger partial charge >= 0.3 is 6.18 Å². The second-order valence-corrected chi connectivity index (χ2v) is 4.94. The van der Waals surface area contributed by atoms with Gasteiger partial charge in [-0.3, -0.25) is 0 Å². The highest BCUT2D eigenvalue weighted by molar-refractivity contribution is 5.55. The lowest BCUT2D eigenvalue weighted by atomic mass is 10.1. The van der Waals surface area contributed by atoms with Gasteiger partial charge in [0.15, 0.2) is 0 Å². The summed E-state index contributed by atoms with van der Waals surface area (Å²) in [6.07, 6.45) is -2.37. The maximum absolute atomic E-state index is 13.0. The summed E-state index contributed by atoms with van der Waals surface area (Å²) in [6, 6.07) is 7.52. The van der Waals surface area contributed by atoms with Crippen LogP contribution in [0.4, 0.5) is 24.8 Å². The highest BCUT2D eigenvalue weighted by Crippen LogP contribution is 2.35. The molecule has 2 aromatic rings. The molecule has 0 saturated heterocycles. The molecular weight excluding hydrogens is 307 g/mol. The molecule has 2 rings (SSSR count). The summed E-state index contributed by atoms with van der Waals surface area (Å²) in [5.74, 6) is -0.388. The van der Waals surface area contributed by atoms with E-state index in [1.165, 1.54) is 0 Å². The number of alkyl halides is 3. The number of ether oxygens (including phenoxy) is 1. The third kappa shape index (κ3) is 4.58. The SMILES string of the molecule is CCCOc1nc(Nc2cccc(CC)c2)ncc1C(F)(F)F. The van der Waals surface area contributed by atoms with Gasteiger partial charge in [-0.25, -0.2) is 4.98 Å². The third-order valence-corrected chi connectivity index (χ3v) is 3.09. The average molecular weight is 325 g/mol. The lowest BCUT2D eigenvalue weighted by Gasteiger charge is -2.14. The Morgan fingerprint density at radius 2 is 2.00 bits per heavy atom. The molecule has 23 heavy (non-hydrogen) atoms. The molecule has 0 bridgehead atoms. The van der Waals surface area contributed by atoms with E-state index in [2.05, 4.69) is 15.3 Å². The first-order chi connectivity index (χ1) is 10.9. The fourth-order valence-corrected chi connectivity index (χ4v) is 1.93. The molecule has 0 amide bonds. The number of rotatable bonds is 6. The molecule has 0 aliphatic heterocycles. The van der Waals surface area contributed by atoms with Crippen molar-refractivity contribution in [1.29, 1.82) is 0 Å². The van der Waals surface area contributed by atoms with E-state index in [1.54, 1.807) is 6.07 Å². The van der Waals surface area contributed by atoms with Gasteiger partial charge in [0, 0.05) is 11.9 Å². The standard InChI is InChI=1S/C16H18F3N3O/c1-3-8-23-14-13(16(17,18)19)10-20-15(22-14)21-12-7-5-6-11(4-2)9-12/h5-7,9-10H,3-4,8H2,1-2H3,(H,20,21,22). The molecule has 0 spiro atoms. The number of nitrogens with zero attached hydrogens (tertiary/aromatic N) is 2. The normalized spacial score (nSPS) is 11.3. The summed E-state index contributed by atoms with van der Waals surface area (Å²) in [4.78, 5) is 7.61. The van der Waals surface area contributed by atoms with Gasteiger partial charge in [-0.15, -0.1) is 0 Å². The third-order valence-electron chi connectivity index (χ3n) is 3.09. The Labute approximate surface area is 132 Å². The van der Waals surface area contributed by atoms with Gasteiger partial charge in [0.25, 0.3) is 0 Å². The maximum atomic E-state index is 13.0. The van der Waals surface area contributed by atoms with Crippen LogP contribution < -0.4 is 10.1 Å². The molecule has 124 valence electrons. The van der Waals surface area contributed by atoms with Crippen LogP contribution in [0.15, 0.2) is 30.5 Å². The molecule has 0 aliphatic carbocycles. The Balaban J connectivity index is 2.28. The highest BCUT2D eigenvalue weighted by atomic mass is 19.4. The van der Waals surface area contributed by atoms with Crippen molar-refractivity contribution in [2.24, 2.45) is 0 Å². The summed E-state index contributed by atoms with van der Waals surface area (Å²) in [7, 11) is 0. The molecule has 1 aromatic heterocycles. The Morgan fingerprint density at radius 1 is 1.22 bits per heavy atom. The van der Waals surface area contributed by atoms with Crippen molar-refractivity contribution in [1.82, 2.24) is 9.97 Å². The molecule has 0 saturated carbocycles. The minimum absolute atomic E-state index is 0.0670. The Hall–Kier alpha value is -2.31. The summed E-state index contributed by atoms with van der Waals surface area (Å²) in [6.45, 7) is 3.99. The van der Waals surface area contributed by atoms with Crippen molar-refractivity contribution in [3.63, 3.8) is 0 Å². The minimum Gasteiger partial charge on any atom is -0.477 e. The van der Waals surface area contributed by atoms with Crippen molar-refractivity contribution in [2.75, 3.05) is 11.9 Å². The van der Waals surface area contributed by atoms with E-state index >= 15 is 0 Å². The van der Waals surface area contributed by atoms with Crippen molar-refractivity contribution >= 4 is 11.6 Å². The van der Waals surface area contributed by atoms with Crippen LogP contribution in [0.1, 0.15) is 31.4 Å². The Morgan fingerprint density at radius 3 is 2.65 bits per heavy atom. The first-order valence-electron chi connectivity index (χ1n) is 7.37. The van der Waals surface area contributed by atoms with E-state index in [0.717, 1.165) is 18.2 Å². The Kier molecular flexibility index (Phi) is 5.41. The van der Waals surface area contributed by atoms with E-state index in [1.807, 2.05) is 32.0 Å². The van der Waals surface area contributed by atoms with Crippen molar-refractivity contribution in [2.45, 2.75) is 32.9 Å². The maximum Gasteiger partial charge on any atom is 0.423 e. The van der Waals surface area contributed by atoms with Crippen LogP contribution in [0, 0.1) is 0 Å². The smallest absolute Gasteiger partial charge is 0.423 e. The Bertz CT molecular complexity index is 659. The average Bonchev–Trinajstić information content (AvgIpc) is 2.52. The van der Waals surface area contributed by atoms with Gasteiger partial charge in [-0.1, -0.05) is 26.0 Å². The van der Waals surface area contributed by atoms with Gasteiger partial charge in [0.05, 0.1) is 6.61 Å². The van der Waals surface area contributed by atoms with Crippen molar-refractivity contribution in [3.8, 4) is 5.88 Å². The highest BCUT2D eigenvalue weighted by Gasteiger charge is 2.36. The fraction of sp³-hybridized carbons (Fsp3) is 0.375. The summed E-state index contributed by atoms with van der Waals surface area (Å²) in [5, 5.41) is 2.90. The van der Waals surface area contributed by atoms with Gasteiger partial charge < -0.3 is 10.1 Å². The van der Waals surface area contributed by atoms with Gasteiger partial charge in [0.2, 0.25) is 11.8 Å². The molecule has 4 nitrogen and oxygen atoms in total. The molecule has 1 N–H and O–H groups in total. The van der Waals surface area contributed by atoms with E-state index < -0.39 is 17.6 Å². The number of halogens is 3. The molecule has 7 heteroatoms. The zero-order valence-corrected chi connectivity index (χ0v) is 12.9. The van der Waals surface area contributed by atoms with Crippen LogP contribution in [0.3, 0.4) is 0 Å². The second kappa shape index (κ2) is 7.30. The topological polar surface area (TPSA) is 47.0 Å². The quantitative estimate of drug-likeness (QED) is 0.844. The van der Waals surface area contributed by atoms with Crippen LogP contribution in [0.2, 0.25) is 0 Å². The van der Waals surface area contributed by atoms with Crippen LogP contribution in [-0.2, 0) is 12.6 Å². The molecular formula is C16H18F3N3O. The lowest BCUT2D eigenvalue weighted by molar-refractivity contribution is -0.139. The van der Waals surface area contributed by atoms with Gasteiger partial charge in [-0.2, -0.15) is 18.2 Å². The molecule has 0 unspecified atom stereocenters. The molecule has 1 aromatic carbocycles. The number of nitrogens with one attached hydrogen (secondary N) is 1. The van der Waals surface area contributed by atoms with Crippen LogP contribution in [-0.4, -0.2) is 16.6 Å². The zero-order chi connectivity index (χ0) is 16.9. The fourth-order valence-electron chi connectivity index (χ4n) is 1.93. The summed E-state index contributed by atoms with van der Waals surface area (Å²) >= 11 is 0. The number of anilines is 2. The van der Waals surface area contributed by atoms with E-state index in [-0.39, 0.29) is 12.6 Å². The second-order valence-electron chi connectivity index (χ2n) is 4.94. The van der Waals surface area contributed by atoms with E-state index in [9.17, 15) is 13.2 Å². The molecule has 0 aliphatic rings. The number of aryl methyl sites for hydroxylation is 1. The number of hydrogen-bond donors (Lipinski definition) is 1. The van der Waals surface area contributed by atoms with E-state index in [0.29, 0.717) is 12.1 Å². The van der Waals surface area contributed by atoms with E-state index in [4.69, 9.17) is 4.74 Å². The lowest BCUT2D eigenvalue weighted by Crippen LogP contribution is -2.12. The first kappa shape index (κ1) is 17.1. The van der Waals surface area contributed by atoms with Gasteiger partial charge in [0.1, 0.15) is 5.56 Å². The predicted molar refractivity (Wildman–Crippen MR) is 81.9 cm³/mol. The monoisotopic (exact) mass is 325 g/mol. The summed E-state index contributed by atoms with van der Waals surface area (Å²) in [5.41, 5.74) is 0.841. The number of aromatic nitrogens is 2. The van der Waals surface area contributed by atoms with Gasteiger partial charge in [-0.05, 0) is 30.5 Å².